The van der Waals surface area contributed by atoms with E-state index in [2.05, 4.69) is 15.6 Å². The molecule has 1 aromatic rings. The normalized spacial score (nSPS) is 15.1. The number of hydrogen-bond acceptors (Lipinski definition) is 4. The predicted molar refractivity (Wildman–Crippen MR) is 77.3 cm³/mol. The second-order valence-electron chi connectivity index (χ2n) is 4.83. The number of pyridine rings is 1. The summed E-state index contributed by atoms with van der Waals surface area (Å²) in [6.07, 6.45) is 7.63. The third-order valence-corrected chi connectivity index (χ3v) is 3.40. The first-order valence-electron chi connectivity index (χ1n) is 6.94. The molecule has 1 amide bonds. The third-order valence-electron chi connectivity index (χ3n) is 3.40. The first kappa shape index (κ1) is 13.6. The van der Waals surface area contributed by atoms with Gasteiger partial charge in [0, 0.05) is 33.1 Å². The maximum atomic E-state index is 12.0. The Morgan fingerprint density at radius 1 is 1.26 bits per heavy atom. The Hall–Kier alpha value is -1.78. The highest BCUT2D eigenvalue weighted by atomic mass is 16.2. The van der Waals surface area contributed by atoms with Crippen molar-refractivity contribution in [1.29, 1.82) is 0 Å². The number of carbonyl (C=O) groups is 1. The summed E-state index contributed by atoms with van der Waals surface area (Å²) in [5.74, 6) is 0.255. The van der Waals surface area contributed by atoms with Crippen LogP contribution in [-0.2, 0) is 4.79 Å². The van der Waals surface area contributed by atoms with Crippen molar-refractivity contribution in [1.82, 2.24) is 9.88 Å². The van der Waals surface area contributed by atoms with Gasteiger partial charge in [0.15, 0.2) is 0 Å². The molecule has 19 heavy (non-hydrogen) atoms. The van der Waals surface area contributed by atoms with E-state index in [-0.39, 0.29) is 5.91 Å². The van der Waals surface area contributed by atoms with E-state index in [1.54, 1.807) is 12.4 Å². The second kappa shape index (κ2) is 6.97. The average molecular weight is 262 g/mol. The second-order valence-corrected chi connectivity index (χ2v) is 4.83. The standard InChI is InChI=1S/C14H22N4O/c1-15-12-9-13(11-16-10-12)17-6-5-14(19)18-7-3-2-4-8-18/h9-11,15,17H,2-8H2,1H3. The van der Waals surface area contributed by atoms with Crippen LogP contribution >= 0.6 is 0 Å². The van der Waals surface area contributed by atoms with Gasteiger partial charge in [-0.1, -0.05) is 0 Å². The molecule has 2 heterocycles. The number of anilines is 2. The van der Waals surface area contributed by atoms with Crippen molar-refractivity contribution in [2.45, 2.75) is 25.7 Å². The van der Waals surface area contributed by atoms with Crippen molar-refractivity contribution in [3.05, 3.63) is 18.5 Å². The highest BCUT2D eigenvalue weighted by Crippen LogP contribution is 2.13. The molecule has 2 N–H and O–H groups in total. The van der Waals surface area contributed by atoms with Gasteiger partial charge in [-0.2, -0.15) is 0 Å². The Balaban J connectivity index is 1.74. The lowest BCUT2D eigenvalue weighted by atomic mass is 10.1. The fourth-order valence-corrected chi connectivity index (χ4v) is 2.29. The van der Waals surface area contributed by atoms with Crippen LogP contribution in [0.1, 0.15) is 25.7 Å². The van der Waals surface area contributed by atoms with Crippen molar-refractivity contribution < 1.29 is 4.79 Å². The van der Waals surface area contributed by atoms with Gasteiger partial charge in [0.25, 0.3) is 0 Å². The van der Waals surface area contributed by atoms with Gasteiger partial charge in [-0.25, -0.2) is 0 Å². The van der Waals surface area contributed by atoms with Crippen LogP contribution in [0.4, 0.5) is 11.4 Å². The molecule has 1 aromatic heterocycles. The van der Waals surface area contributed by atoms with Gasteiger partial charge in [0.05, 0.1) is 23.8 Å². The van der Waals surface area contributed by atoms with Gasteiger partial charge < -0.3 is 15.5 Å². The molecular formula is C14H22N4O. The lowest BCUT2D eigenvalue weighted by molar-refractivity contribution is -0.131. The molecule has 5 heteroatoms. The smallest absolute Gasteiger partial charge is 0.224 e. The highest BCUT2D eigenvalue weighted by molar-refractivity contribution is 5.76. The molecule has 0 aromatic carbocycles. The highest BCUT2D eigenvalue weighted by Gasteiger charge is 2.15. The molecule has 0 spiro atoms. The summed E-state index contributed by atoms with van der Waals surface area (Å²) in [4.78, 5) is 18.1. The van der Waals surface area contributed by atoms with Gasteiger partial charge in [-0.05, 0) is 25.3 Å². The minimum Gasteiger partial charge on any atom is -0.387 e. The summed E-state index contributed by atoms with van der Waals surface area (Å²) in [6.45, 7) is 2.51. The lowest BCUT2D eigenvalue weighted by Crippen LogP contribution is -2.36. The quantitative estimate of drug-likeness (QED) is 0.851. The fourth-order valence-electron chi connectivity index (χ4n) is 2.29. The largest absolute Gasteiger partial charge is 0.387 e. The molecule has 0 atom stereocenters. The first-order chi connectivity index (χ1) is 9.29. The SMILES string of the molecule is CNc1cncc(NCCC(=O)N2CCCCC2)c1. The molecule has 1 saturated heterocycles. The van der Waals surface area contributed by atoms with Crippen LogP contribution < -0.4 is 10.6 Å². The molecule has 1 aliphatic rings. The summed E-state index contributed by atoms with van der Waals surface area (Å²) >= 11 is 0. The van der Waals surface area contributed by atoms with Gasteiger partial charge in [-0.3, -0.25) is 9.78 Å². The molecule has 0 unspecified atom stereocenters. The number of carbonyl (C=O) groups excluding carboxylic acids is 1. The van der Waals surface area contributed by atoms with Crippen molar-refractivity contribution in [2.75, 3.05) is 37.3 Å². The number of nitrogens with zero attached hydrogens (tertiary/aromatic N) is 2. The zero-order chi connectivity index (χ0) is 13.5. The topological polar surface area (TPSA) is 57.3 Å². The van der Waals surface area contributed by atoms with E-state index in [9.17, 15) is 4.79 Å². The summed E-state index contributed by atoms with van der Waals surface area (Å²) in [5.41, 5.74) is 1.91. The van der Waals surface area contributed by atoms with Gasteiger partial charge in [0.2, 0.25) is 5.91 Å². The Labute approximate surface area is 114 Å². The number of aromatic nitrogens is 1. The van der Waals surface area contributed by atoms with Crippen molar-refractivity contribution in [2.24, 2.45) is 0 Å². The number of rotatable bonds is 5. The van der Waals surface area contributed by atoms with Crippen LogP contribution in [0, 0.1) is 0 Å². The summed E-state index contributed by atoms with van der Waals surface area (Å²) < 4.78 is 0. The van der Waals surface area contributed by atoms with E-state index in [1.165, 1.54) is 6.42 Å². The number of piperidine rings is 1. The summed E-state index contributed by atoms with van der Waals surface area (Å²) in [5, 5.41) is 6.28. The molecule has 1 fully saturated rings. The Kier molecular flexibility index (Phi) is 5.01. The number of likely N-dealkylation sites (tertiary alicyclic amines) is 1. The Bertz CT molecular complexity index is 416. The molecule has 2 rings (SSSR count). The Morgan fingerprint density at radius 2 is 2.00 bits per heavy atom. The maximum absolute atomic E-state index is 12.0. The van der Waals surface area contributed by atoms with Crippen LogP contribution in [0.2, 0.25) is 0 Å². The van der Waals surface area contributed by atoms with E-state index in [0.717, 1.165) is 37.3 Å². The zero-order valence-electron chi connectivity index (χ0n) is 11.5. The van der Waals surface area contributed by atoms with Crippen LogP contribution in [0.5, 0.6) is 0 Å². The van der Waals surface area contributed by atoms with Crippen LogP contribution in [0.15, 0.2) is 18.5 Å². The van der Waals surface area contributed by atoms with E-state index < -0.39 is 0 Å². The third kappa shape index (κ3) is 4.12. The van der Waals surface area contributed by atoms with Crippen LogP contribution in [-0.4, -0.2) is 42.5 Å². The summed E-state index contributed by atoms with van der Waals surface area (Å²) in [6, 6.07) is 1.98. The molecule has 5 nitrogen and oxygen atoms in total. The predicted octanol–water partition coefficient (Wildman–Crippen LogP) is 1.94. The molecule has 0 saturated carbocycles. The van der Waals surface area contributed by atoms with Crippen molar-refractivity contribution in [3.63, 3.8) is 0 Å². The lowest BCUT2D eigenvalue weighted by Gasteiger charge is -2.26. The number of hydrogen-bond donors (Lipinski definition) is 2. The molecule has 0 radical (unpaired) electrons. The minimum absolute atomic E-state index is 0.255. The van der Waals surface area contributed by atoms with Crippen molar-refractivity contribution >= 4 is 17.3 Å². The van der Waals surface area contributed by atoms with Crippen molar-refractivity contribution in [3.8, 4) is 0 Å². The maximum Gasteiger partial charge on any atom is 0.224 e. The first-order valence-corrected chi connectivity index (χ1v) is 6.94. The van der Waals surface area contributed by atoms with E-state index in [4.69, 9.17) is 0 Å². The van der Waals surface area contributed by atoms with Gasteiger partial charge in [0.1, 0.15) is 0 Å². The van der Waals surface area contributed by atoms with E-state index >= 15 is 0 Å². The number of nitrogens with one attached hydrogen (secondary N) is 2. The molecule has 104 valence electrons. The van der Waals surface area contributed by atoms with Crippen LogP contribution in [0.25, 0.3) is 0 Å². The molecule has 0 aliphatic carbocycles. The molecule has 0 bridgehead atoms. The zero-order valence-corrected chi connectivity index (χ0v) is 11.5. The van der Waals surface area contributed by atoms with Gasteiger partial charge >= 0.3 is 0 Å². The monoisotopic (exact) mass is 262 g/mol. The minimum atomic E-state index is 0.255. The Morgan fingerprint density at radius 3 is 2.74 bits per heavy atom. The average Bonchev–Trinajstić information content (AvgIpc) is 2.48. The molecule has 1 aliphatic heterocycles. The van der Waals surface area contributed by atoms with E-state index in [0.29, 0.717) is 13.0 Å². The van der Waals surface area contributed by atoms with E-state index in [1.807, 2.05) is 18.0 Å². The fraction of sp³-hybridized carbons (Fsp3) is 0.571. The summed E-state index contributed by atoms with van der Waals surface area (Å²) in [7, 11) is 1.86. The van der Waals surface area contributed by atoms with Gasteiger partial charge in [-0.15, -0.1) is 0 Å². The van der Waals surface area contributed by atoms with Crippen LogP contribution in [0.3, 0.4) is 0 Å². The number of amides is 1. The molecular weight excluding hydrogens is 240 g/mol.